The Labute approximate surface area is 184 Å². The minimum atomic E-state index is -0.220. The molecule has 2 aromatic heterocycles. The number of amides is 1. The van der Waals surface area contributed by atoms with E-state index in [1.165, 1.54) is 0 Å². The molecule has 0 radical (unpaired) electrons. The van der Waals surface area contributed by atoms with E-state index >= 15 is 0 Å². The molecular formula is C23H13BrClN3O2. The average molecular weight is 479 g/mol. The van der Waals surface area contributed by atoms with E-state index in [2.05, 4.69) is 31.2 Å². The van der Waals surface area contributed by atoms with Crippen molar-refractivity contribution in [1.82, 2.24) is 9.97 Å². The number of nitrogens with zero attached hydrogens (tertiary/aromatic N) is 2. The van der Waals surface area contributed by atoms with E-state index in [4.69, 9.17) is 16.0 Å². The van der Waals surface area contributed by atoms with Crippen LogP contribution in [-0.4, -0.2) is 15.9 Å². The topological polar surface area (TPSA) is 68.0 Å². The normalized spacial score (nSPS) is 11.1. The SMILES string of the molecule is O=C(Nc1ccc2oc(-c3cncc(Br)c3)nc2c1)c1cccc2c(Cl)cccc12. The van der Waals surface area contributed by atoms with E-state index in [0.29, 0.717) is 33.3 Å². The number of oxazole rings is 1. The summed E-state index contributed by atoms with van der Waals surface area (Å²) in [5, 5.41) is 5.19. The van der Waals surface area contributed by atoms with Gasteiger partial charge in [-0.2, -0.15) is 0 Å². The van der Waals surface area contributed by atoms with Gasteiger partial charge in [0, 0.05) is 38.5 Å². The van der Waals surface area contributed by atoms with Crippen LogP contribution in [0.2, 0.25) is 5.02 Å². The summed E-state index contributed by atoms with van der Waals surface area (Å²) < 4.78 is 6.66. The summed E-state index contributed by atoms with van der Waals surface area (Å²) in [6, 6.07) is 18.3. The number of benzene rings is 3. The maximum absolute atomic E-state index is 12.9. The van der Waals surface area contributed by atoms with Crippen molar-refractivity contribution in [2.75, 3.05) is 5.32 Å². The first-order valence-corrected chi connectivity index (χ1v) is 10.3. The lowest BCUT2D eigenvalue weighted by Gasteiger charge is -2.09. The molecule has 0 fully saturated rings. The average Bonchev–Trinajstić information content (AvgIpc) is 3.17. The summed E-state index contributed by atoms with van der Waals surface area (Å²) in [4.78, 5) is 21.6. The van der Waals surface area contributed by atoms with Gasteiger partial charge in [-0.25, -0.2) is 4.98 Å². The van der Waals surface area contributed by atoms with Gasteiger partial charge in [-0.05, 0) is 57.7 Å². The van der Waals surface area contributed by atoms with Crippen LogP contribution < -0.4 is 5.32 Å². The fraction of sp³-hybridized carbons (Fsp3) is 0. The van der Waals surface area contributed by atoms with Crippen molar-refractivity contribution in [2.24, 2.45) is 0 Å². The Hall–Kier alpha value is -3.22. The van der Waals surface area contributed by atoms with Gasteiger partial charge in [0.25, 0.3) is 5.91 Å². The quantitative estimate of drug-likeness (QED) is 0.313. The number of carbonyl (C=O) groups excluding carboxylic acids is 1. The third-order valence-corrected chi connectivity index (χ3v) is 5.47. The van der Waals surface area contributed by atoms with Gasteiger partial charge in [0.2, 0.25) is 5.89 Å². The summed E-state index contributed by atoms with van der Waals surface area (Å²) in [5.41, 5.74) is 3.21. The standard InChI is InChI=1S/C23H13BrClN3O2/c24-14-9-13(11-26-12-14)23-28-20-10-15(7-8-21(20)30-23)27-22(29)18-5-1-4-17-16(18)3-2-6-19(17)25/h1-12H,(H,27,29). The van der Waals surface area contributed by atoms with Crippen LogP contribution >= 0.6 is 27.5 Å². The molecule has 5 aromatic rings. The minimum Gasteiger partial charge on any atom is -0.436 e. The monoisotopic (exact) mass is 477 g/mol. The summed E-state index contributed by atoms with van der Waals surface area (Å²) in [6.07, 6.45) is 3.38. The van der Waals surface area contributed by atoms with Crippen LogP contribution in [0.4, 0.5) is 5.69 Å². The molecule has 0 unspecified atom stereocenters. The predicted octanol–water partition coefficient (Wildman–Crippen LogP) is 6.71. The van der Waals surface area contributed by atoms with Gasteiger partial charge in [0.05, 0.1) is 5.56 Å². The Balaban J connectivity index is 1.47. The van der Waals surface area contributed by atoms with E-state index in [9.17, 15) is 4.79 Å². The van der Waals surface area contributed by atoms with E-state index in [1.54, 1.807) is 36.7 Å². The van der Waals surface area contributed by atoms with Crippen molar-refractivity contribution in [3.05, 3.63) is 88.1 Å². The first kappa shape index (κ1) is 18.8. The third-order valence-electron chi connectivity index (χ3n) is 4.71. The number of carbonyl (C=O) groups is 1. The van der Waals surface area contributed by atoms with E-state index < -0.39 is 0 Å². The molecule has 0 bridgehead atoms. The molecule has 2 heterocycles. The Bertz CT molecular complexity index is 1430. The highest BCUT2D eigenvalue weighted by atomic mass is 79.9. The van der Waals surface area contributed by atoms with Gasteiger partial charge < -0.3 is 9.73 Å². The predicted molar refractivity (Wildman–Crippen MR) is 122 cm³/mol. The molecule has 0 aliphatic carbocycles. The van der Waals surface area contributed by atoms with Gasteiger partial charge in [0.15, 0.2) is 5.58 Å². The number of aromatic nitrogens is 2. The second kappa shape index (κ2) is 7.55. The molecule has 30 heavy (non-hydrogen) atoms. The molecule has 0 spiro atoms. The maximum atomic E-state index is 12.9. The number of rotatable bonds is 3. The summed E-state index contributed by atoms with van der Waals surface area (Å²) >= 11 is 9.66. The zero-order chi connectivity index (χ0) is 20.7. The second-order valence-electron chi connectivity index (χ2n) is 6.69. The second-order valence-corrected chi connectivity index (χ2v) is 8.01. The highest BCUT2D eigenvalue weighted by Crippen LogP contribution is 2.29. The molecular weight excluding hydrogens is 466 g/mol. The zero-order valence-corrected chi connectivity index (χ0v) is 17.7. The Morgan fingerprint density at radius 2 is 1.83 bits per heavy atom. The number of halogens is 2. The number of pyridine rings is 1. The number of fused-ring (bicyclic) bond motifs is 2. The zero-order valence-electron chi connectivity index (χ0n) is 15.4. The first-order valence-electron chi connectivity index (χ1n) is 9.08. The number of anilines is 1. The molecule has 5 rings (SSSR count). The summed E-state index contributed by atoms with van der Waals surface area (Å²) in [7, 11) is 0. The molecule has 146 valence electrons. The molecule has 0 aliphatic heterocycles. The smallest absolute Gasteiger partial charge is 0.256 e. The first-order chi connectivity index (χ1) is 14.6. The third kappa shape index (κ3) is 3.44. The van der Waals surface area contributed by atoms with E-state index in [-0.39, 0.29) is 5.91 Å². The molecule has 0 atom stereocenters. The molecule has 1 amide bonds. The van der Waals surface area contributed by atoms with Gasteiger partial charge in [-0.3, -0.25) is 9.78 Å². The van der Waals surface area contributed by atoms with Gasteiger partial charge in [-0.15, -0.1) is 0 Å². The van der Waals surface area contributed by atoms with E-state index in [0.717, 1.165) is 20.8 Å². The molecule has 0 saturated carbocycles. The fourth-order valence-electron chi connectivity index (χ4n) is 3.33. The Morgan fingerprint density at radius 3 is 2.70 bits per heavy atom. The van der Waals surface area contributed by atoms with Crippen LogP contribution in [0, 0.1) is 0 Å². The minimum absolute atomic E-state index is 0.220. The van der Waals surface area contributed by atoms with Crippen molar-refractivity contribution >= 4 is 61.0 Å². The lowest BCUT2D eigenvalue weighted by molar-refractivity contribution is 0.102. The van der Waals surface area contributed by atoms with E-state index in [1.807, 2.05) is 36.4 Å². The van der Waals surface area contributed by atoms with Crippen LogP contribution in [0.15, 0.2) is 81.9 Å². The summed E-state index contributed by atoms with van der Waals surface area (Å²) in [6.45, 7) is 0. The van der Waals surface area contributed by atoms with Crippen molar-refractivity contribution in [1.29, 1.82) is 0 Å². The van der Waals surface area contributed by atoms with Crippen LogP contribution in [0.3, 0.4) is 0 Å². The van der Waals surface area contributed by atoms with Crippen molar-refractivity contribution in [2.45, 2.75) is 0 Å². The lowest BCUT2D eigenvalue weighted by atomic mass is 10.0. The number of hydrogen-bond acceptors (Lipinski definition) is 4. The van der Waals surface area contributed by atoms with Crippen LogP contribution in [0.5, 0.6) is 0 Å². The summed E-state index contributed by atoms with van der Waals surface area (Å²) in [5.74, 6) is 0.244. The van der Waals surface area contributed by atoms with Crippen molar-refractivity contribution in [3.63, 3.8) is 0 Å². The van der Waals surface area contributed by atoms with Crippen molar-refractivity contribution < 1.29 is 9.21 Å². The highest BCUT2D eigenvalue weighted by molar-refractivity contribution is 9.10. The Morgan fingerprint density at radius 1 is 1.00 bits per heavy atom. The van der Waals surface area contributed by atoms with Crippen molar-refractivity contribution in [3.8, 4) is 11.5 Å². The Kier molecular flexibility index (Phi) is 4.73. The van der Waals surface area contributed by atoms with Crippen LogP contribution in [-0.2, 0) is 0 Å². The molecule has 1 N–H and O–H groups in total. The fourth-order valence-corrected chi connectivity index (χ4v) is 3.93. The molecule has 7 heteroatoms. The van der Waals surface area contributed by atoms with Gasteiger partial charge >= 0.3 is 0 Å². The highest BCUT2D eigenvalue weighted by Gasteiger charge is 2.14. The van der Waals surface area contributed by atoms with Crippen LogP contribution in [0.25, 0.3) is 33.3 Å². The molecule has 5 nitrogen and oxygen atoms in total. The lowest BCUT2D eigenvalue weighted by Crippen LogP contribution is -2.12. The largest absolute Gasteiger partial charge is 0.436 e. The molecule has 0 saturated heterocycles. The number of nitrogens with one attached hydrogen (secondary N) is 1. The van der Waals surface area contributed by atoms with Gasteiger partial charge in [-0.1, -0.05) is 35.9 Å². The van der Waals surface area contributed by atoms with Crippen LogP contribution in [0.1, 0.15) is 10.4 Å². The number of hydrogen-bond donors (Lipinski definition) is 1. The maximum Gasteiger partial charge on any atom is 0.256 e. The van der Waals surface area contributed by atoms with Gasteiger partial charge in [0.1, 0.15) is 5.52 Å². The molecule has 0 aliphatic rings. The molecule has 3 aromatic carbocycles.